The highest BCUT2D eigenvalue weighted by atomic mass is 79.9. The molecule has 0 unspecified atom stereocenters. The van der Waals surface area contributed by atoms with Crippen molar-refractivity contribution in [2.45, 2.75) is 13.1 Å². The number of hydrogen-bond donors (Lipinski definition) is 2. The highest BCUT2D eigenvalue weighted by molar-refractivity contribution is 9.10. The molecule has 0 spiro atoms. The molecule has 2 aromatic heterocycles. The standard InChI is InChI=1S/C11H10BrNO3S/c12-8-3-4-17-10(8)6-13-5-7-1-2-9(16-7)11(14)15/h1-4,13H,5-6H2,(H,14,15). The Bertz CT molecular complexity index is 520. The SMILES string of the molecule is O=C(O)c1ccc(CNCc2sccc2Br)o1. The smallest absolute Gasteiger partial charge is 0.371 e. The number of hydrogen-bond acceptors (Lipinski definition) is 4. The van der Waals surface area contributed by atoms with Gasteiger partial charge in [-0.1, -0.05) is 0 Å². The molecular formula is C11H10BrNO3S. The Labute approximate surface area is 110 Å². The average Bonchev–Trinajstić information content (AvgIpc) is 2.89. The zero-order valence-corrected chi connectivity index (χ0v) is 11.2. The molecule has 0 amide bonds. The van der Waals surface area contributed by atoms with Crippen LogP contribution in [0.5, 0.6) is 0 Å². The van der Waals surface area contributed by atoms with Gasteiger partial charge in [0.2, 0.25) is 5.76 Å². The van der Waals surface area contributed by atoms with E-state index in [4.69, 9.17) is 9.52 Å². The van der Waals surface area contributed by atoms with Gasteiger partial charge in [-0.05, 0) is 39.5 Å². The van der Waals surface area contributed by atoms with E-state index in [0.717, 1.165) is 11.0 Å². The number of nitrogens with one attached hydrogen (secondary N) is 1. The molecule has 0 radical (unpaired) electrons. The second-order valence-electron chi connectivity index (χ2n) is 3.37. The van der Waals surface area contributed by atoms with Gasteiger partial charge in [-0.3, -0.25) is 0 Å². The predicted octanol–water partition coefficient (Wildman–Crippen LogP) is 3.09. The van der Waals surface area contributed by atoms with Gasteiger partial charge in [-0.2, -0.15) is 0 Å². The Morgan fingerprint density at radius 1 is 1.41 bits per heavy atom. The molecule has 0 aliphatic rings. The zero-order valence-electron chi connectivity index (χ0n) is 8.77. The molecule has 0 aliphatic heterocycles. The molecule has 2 rings (SSSR count). The fourth-order valence-corrected chi connectivity index (χ4v) is 2.80. The van der Waals surface area contributed by atoms with E-state index in [0.29, 0.717) is 12.3 Å². The fourth-order valence-electron chi connectivity index (χ4n) is 1.34. The monoisotopic (exact) mass is 315 g/mol. The summed E-state index contributed by atoms with van der Waals surface area (Å²) in [7, 11) is 0. The third-order valence-electron chi connectivity index (χ3n) is 2.15. The maximum Gasteiger partial charge on any atom is 0.371 e. The second-order valence-corrected chi connectivity index (χ2v) is 5.22. The quantitative estimate of drug-likeness (QED) is 0.890. The summed E-state index contributed by atoms with van der Waals surface area (Å²) in [5.74, 6) is -0.452. The van der Waals surface area contributed by atoms with Crippen LogP contribution in [0.4, 0.5) is 0 Å². The molecule has 0 saturated heterocycles. The minimum absolute atomic E-state index is 0.0286. The molecule has 0 fully saturated rings. The van der Waals surface area contributed by atoms with Gasteiger partial charge in [-0.15, -0.1) is 11.3 Å². The van der Waals surface area contributed by atoms with E-state index in [1.54, 1.807) is 17.4 Å². The third kappa shape index (κ3) is 3.18. The lowest BCUT2D eigenvalue weighted by Crippen LogP contribution is -2.11. The van der Waals surface area contributed by atoms with Crippen molar-refractivity contribution in [3.8, 4) is 0 Å². The number of aromatic carboxylic acids is 1. The fraction of sp³-hybridized carbons (Fsp3) is 0.182. The molecule has 90 valence electrons. The Morgan fingerprint density at radius 2 is 2.24 bits per heavy atom. The van der Waals surface area contributed by atoms with Gasteiger partial charge in [0.05, 0.1) is 6.54 Å². The molecule has 0 aromatic carbocycles. The largest absolute Gasteiger partial charge is 0.475 e. The van der Waals surface area contributed by atoms with Gasteiger partial charge in [0.15, 0.2) is 0 Å². The lowest BCUT2D eigenvalue weighted by atomic mass is 10.4. The Morgan fingerprint density at radius 3 is 2.82 bits per heavy atom. The first kappa shape index (κ1) is 12.3. The van der Waals surface area contributed by atoms with Crippen molar-refractivity contribution >= 4 is 33.2 Å². The first-order valence-electron chi connectivity index (χ1n) is 4.91. The summed E-state index contributed by atoms with van der Waals surface area (Å²) in [6.07, 6.45) is 0. The van der Waals surface area contributed by atoms with Crippen molar-refractivity contribution in [2.75, 3.05) is 0 Å². The average molecular weight is 316 g/mol. The van der Waals surface area contributed by atoms with Crippen LogP contribution in [-0.2, 0) is 13.1 Å². The zero-order chi connectivity index (χ0) is 12.3. The van der Waals surface area contributed by atoms with Gasteiger partial charge >= 0.3 is 5.97 Å². The summed E-state index contributed by atoms with van der Waals surface area (Å²) in [5, 5.41) is 13.9. The molecular weight excluding hydrogens is 306 g/mol. The molecule has 4 nitrogen and oxygen atoms in total. The number of rotatable bonds is 5. The highest BCUT2D eigenvalue weighted by Gasteiger charge is 2.08. The van der Waals surface area contributed by atoms with E-state index in [-0.39, 0.29) is 5.76 Å². The van der Waals surface area contributed by atoms with Crippen LogP contribution in [0.25, 0.3) is 0 Å². The van der Waals surface area contributed by atoms with Crippen molar-refractivity contribution in [2.24, 2.45) is 0 Å². The third-order valence-corrected chi connectivity index (χ3v) is 4.07. The summed E-state index contributed by atoms with van der Waals surface area (Å²) >= 11 is 5.11. The normalized spacial score (nSPS) is 10.6. The lowest BCUT2D eigenvalue weighted by molar-refractivity contribution is 0.0660. The number of thiophene rings is 1. The van der Waals surface area contributed by atoms with Crippen LogP contribution < -0.4 is 5.32 Å². The second kappa shape index (κ2) is 5.48. The van der Waals surface area contributed by atoms with Crippen molar-refractivity contribution in [3.63, 3.8) is 0 Å². The van der Waals surface area contributed by atoms with E-state index in [1.165, 1.54) is 10.9 Å². The molecule has 0 bridgehead atoms. The number of furan rings is 1. The summed E-state index contributed by atoms with van der Waals surface area (Å²) < 4.78 is 6.21. The summed E-state index contributed by atoms with van der Waals surface area (Å²) in [6, 6.07) is 5.12. The van der Waals surface area contributed by atoms with E-state index < -0.39 is 5.97 Å². The van der Waals surface area contributed by atoms with Crippen molar-refractivity contribution in [1.82, 2.24) is 5.32 Å². The van der Waals surface area contributed by atoms with E-state index in [9.17, 15) is 4.79 Å². The molecule has 6 heteroatoms. The van der Waals surface area contributed by atoms with Gasteiger partial charge in [0.1, 0.15) is 5.76 Å². The van der Waals surface area contributed by atoms with Crippen molar-refractivity contribution in [1.29, 1.82) is 0 Å². The maximum atomic E-state index is 10.6. The van der Waals surface area contributed by atoms with Gasteiger partial charge < -0.3 is 14.8 Å². The van der Waals surface area contributed by atoms with Crippen LogP contribution in [0.3, 0.4) is 0 Å². The topological polar surface area (TPSA) is 62.5 Å². The highest BCUT2D eigenvalue weighted by Crippen LogP contribution is 2.22. The van der Waals surface area contributed by atoms with E-state index in [1.807, 2.05) is 11.4 Å². The molecule has 2 N–H and O–H groups in total. The minimum Gasteiger partial charge on any atom is -0.475 e. The van der Waals surface area contributed by atoms with Crippen molar-refractivity contribution in [3.05, 3.63) is 44.4 Å². The lowest BCUT2D eigenvalue weighted by Gasteiger charge is -2.00. The van der Waals surface area contributed by atoms with Crippen LogP contribution in [-0.4, -0.2) is 11.1 Å². The number of carboxylic acid groups (broad SMARTS) is 1. The van der Waals surface area contributed by atoms with Crippen LogP contribution in [0.15, 0.2) is 32.5 Å². The summed E-state index contributed by atoms with van der Waals surface area (Å²) in [4.78, 5) is 11.8. The molecule has 17 heavy (non-hydrogen) atoms. The van der Waals surface area contributed by atoms with Crippen LogP contribution >= 0.6 is 27.3 Å². The molecule has 0 atom stereocenters. The number of carbonyl (C=O) groups is 1. The predicted molar refractivity (Wildman–Crippen MR) is 68.2 cm³/mol. The minimum atomic E-state index is -1.04. The Balaban J connectivity index is 1.86. The van der Waals surface area contributed by atoms with Crippen LogP contribution in [0, 0.1) is 0 Å². The molecule has 2 heterocycles. The Hall–Kier alpha value is -1.11. The van der Waals surface area contributed by atoms with Gasteiger partial charge in [-0.25, -0.2) is 4.79 Å². The Kier molecular flexibility index (Phi) is 3.98. The summed E-state index contributed by atoms with van der Waals surface area (Å²) in [5.41, 5.74) is 0. The first-order valence-corrected chi connectivity index (χ1v) is 6.58. The number of halogens is 1. The van der Waals surface area contributed by atoms with Crippen LogP contribution in [0.2, 0.25) is 0 Å². The molecule has 0 saturated carbocycles. The first-order chi connectivity index (χ1) is 8.16. The van der Waals surface area contributed by atoms with E-state index in [2.05, 4.69) is 21.2 Å². The van der Waals surface area contributed by atoms with Crippen molar-refractivity contribution < 1.29 is 14.3 Å². The van der Waals surface area contributed by atoms with Crippen LogP contribution in [0.1, 0.15) is 21.2 Å². The van der Waals surface area contributed by atoms with Gasteiger partial charge in [0.25, 0.3) is 0 Å². The maximum absolute atomic E-state index is 10.6. The van der Waals surface area contributed by atoms with Gasteiger partial charge in [0, 0.05) is 15.9 Å². The molecule has 0 aliphatic carbocycles. The number of carboxylic acids is 1. The van der Waals surface area contributed by atoms with E-state index >= 15 is 0 Å². The molecule has 2 aromatic rings. The summed E-state index contributed by atoms with van der Waals surface area (Å²) in [6.45, 7) is 1.24.